The Labute approximate surface area is 72.8 Å². The van der Waals surface area contributed by atoms with Crippen molar-refractivity contribution in [2.75, 3.05) is 6.54 Å². The standard InChI is InChI=1S/C9H15N3/c1-12-6-5-11-9(12)7-8-3-2-4-10-8/h5-6,8,10H,2-4,7H2,1H3/t8-/m1/s1. The molecule has 12 heavy (non-hydrogen) atoms. The normalized spacial score (nSPS) is 23.2. The van der Waals surface area contributed by atoms with E-state index in [1.165, 1.54) is 25.2 Å². The molecule has 1 N–H and O–H groups in total. The van der Waals surface area contributed by atoms with Crippen LogP contribution in [0.25, 0.3) is 0 Å². The zero-order valence-corrected chi connectivity index (χ0v) is 7.45. The van der Waals surface area contributed by atoms with Crippen molar-refractivity contribution in [2.24, 2.45) is 7.05 Å². The summed E-state index contributed by atoms with van der Waals surface area (Å²) in [5.74, 6) is 1.19. The van der Waals surface area contributed by atoms with Crippen LogP contribution in [0.4, 0.5) is 0 Å². The summed E-state index contributed by atoms with van der Waals surface area (Å²) in [4.78, 5) is 4.30. The number of rotatable bonds is 2. The molecule has 3 heteroatoms. The molecule has 1 aliphatic heterocycles. The average Bonchev–Trinajstić information content (AvgIpc) is 2.65. The van der Waals surface area contributed by atoms with E-state index < -0.39 is 0 Å². The van der Waals surface area contributed by atoms with E-state index in [1.54, 1.807) is 0 Å². The molecule has 2 rings (SSSR count). The molecule has 1 aliphatic rings. The highest BCUT2D eigenvalue weighted by Crippen LogP contribution is 2.09. The first-order valence-electron chi connectivity index (χ1n) is 4.56. The smallest absolute Gasteiger partial charge is 0.109 e. The molecule has 0 unspecified atom stereocenters. The van der Waals surface area contributed by atoms with Crippen molar-refractivity contribution in [3.05, 3.63) is 18.2 Å². The maximum Gasteiger partial charge on any atom is 0.109 e. The summed E-state index contributed by atoms with van der Waals surface area (Å²) < 4.78 is 2.10. The highest BCUT2D eigenvalue weighted by molar-refractivity contribution is 4.95. The van der Waals surface area contributed by atoms with Crippen LogP contribution in [0.2, 0.25) is 0 Å². The SMILES string of the molecule is Cn1ccnc1C[C@H]1CCCN1. The van der Waals surface area contributed by atoms with Crippen LogP contribution in [0.5, 0.6) is 0 Å². The third-order valence-electron chi connectivity index (χ3n) is 2.51. The quantitative estimate of drug-likeness (QED) is 0.699. The Bertz CT molecular complexity index is 248. The summed E-state index contributed by atoms with van der Waals surface area (Å²) in [6.07, 6.45) is 7.56. The molecule has 1 fully saturated rings. The van der Waals surface area contributed by atoms with Crippen molar-refractivity contribution in [3.8, 4) is 0 Å². The summed E-state index contributed by atoms with van der Waals surface area (Å²) in [7, 11) is 2.05. The van der Waals surface area contributed by atoms with Crippen LogP contribution in [0.3, 0.4) is 0 Å². The molecule has 0 radical (unpaired) electrons. The second-order valence-corrected chi connectivity index (χ2v) is 3.45. The van der Waals surface area contributed by atoms with Gasteiger partial charge in [-0.05, 0) is 19.4 Å². The summed E-state index contributed by atoms with van der Waals surface area (Å²) in [5, 5.41) is 3.47. The highest BCUT2D eigenvalue weighted by Gasteiger charge is 2.15. The Morgan fingerprint density at radius 2 is 2.67 bits per heavy atom. The Morgan fingerprint density at radius 3 is 3.25 bits per heavy atom. The van der Waals surface area contributed by atoms with E-state index in [-0.39, 0.29) is 0 Å². The van der Waals surface area contributed by atoms with E-state index in [1.807, 2.05) is 12.4 Å². The van der Waals surface area contributed by atoms with Crippen LogP contribution in [-0.4, -0.2) is 22.1 Å². The Balaban J connectivity index is 1.98. The van der Waals surface area contributed by atoms with Gasteiger partial charge < -0.3 is 9.88 Å². The van der Waals surface area contributed by atoms with Gasteiger partial charge in [0.05, 0.1) is 0 Å². The Hall–Kier alpha value is -0.830. The Morgan fingerprint density at radius 1 is 1.75 bits per heavy atom. The van der Waals surface area contributed by atoms with E-state index >= 15 is 0 Å². The minimum atomic E-state index is 0.658. The van der Waals surface area contributed by atoms with Crippen molar-refractivity contribution < 1.29 is 0 Å². The molecule has 3 nitrogen and oxygen atoms in total. The lowest BCUT2D eigenvalue weighted by Crippen LogP contribution is -2.24. The number of imidazole rings is 1. The van der Waals surface area contributed by atoms with Crippen molar-refractivity contribution >= 4 is 0 Å². The maximum atomic E-state index is 4.30. The fourth-order valence-corrected chi connectivity index (χ4v) is 1.74. The minimum absolute atomic E-state index is 0.658. The second-order valence-electron chi connectivity index (χ2n) is 3.45. The van der Waals surface area contributed by atoms with Gasteiger partial charge in [0, 0.05) is 31.9 Å². The van der Waals surface area contributed by atoms with Gasteiger partial charge in [0.15, 0.2) is 0 Å². The van der Waals surface area contributed by atoms with Gasteiger partial charge in [0.2, 0.25) is 0 Å². The molecule has 1 atom stereocenters. The molecule has 1 saturated heterocycles. The molecular formula is C9H15N3. The lowest BCUT2D eigenvalue weighted by atomic mass is 10.1. The van der Waals surface area contributed by atoms with Crippen LogP contribution in [0.1, 0.15) is 18.7 Å². The fraction of sp³-hybridized carbons (Fsp3) is 0.667. The van der Waals surface area contributed by atoms with Crippen LogP contribution in [0.15, 0.2) is 12.4 Å². The molecule has 0 aromatic carbocycles. The monoisotopic (exact) mass is 165 g/mol. The summed E-state index contributed by atoms with van der Waals surface area (Å²) >= 11 is 0. The van der Waals surface area contributed by atoms with Crippen molar-refractivity contribution in [1.82, 2.24) is 14.9 Å². The van der Waals surface area contributed by atoms with Crippen LogP contribution in [0, 0.1) is 0 Å². The topological polar surface area (TPSA) is 29.9 Å². The second kappa shape index (κ2) is 3.27. The number of nitrogens with zero attached hydrogens (tertiary/aromatic N) is 2. The van der Waals surface area contributed by atoms with Gasteiger partial charge in [-0.25, -0.2) is 4.98 Å². The molecule has 0 bridgehead atoms. The number of aryl methyl sites for hydroxylation is 1. The van der Waals surface area contributed by atoms with Crippen molar-refractivity contribution in [1.29, 1.82) is 0 Å². The first-order chi connectivity index (χ1) is 5.86. The van der Waals surface area contributed by atoms with Crippen LogP contribution >= 0.6 is 0 Å². The fourth-order valence-electron chi connectivity index (χ4n) is 1.74. The molecule has 66 valence electrons. The third-order valence-corrected chi connectivity index (χ3v) is 2.51. The first-order valence-corrected chi connectivity index (χ1v) is 4.56. The maximum absolute atomic E-state index is 4.30. The molecule has 0 spiro atoms. The van der Waals surface area contributed by atoms with E-state index in [0.717, 1.165) is 6.42 Å². The van der Waals surface area contributed by atoms with E-state index in [4.69, 9.17) is 0 Å². The van der Waals surface area contributed by atoms with Crippen LogP contribution in [-0.2, 0) is 13.5 Å². The van der Waals surface area contributed by atoms with Gasteiger partial charge in [0.1, 0.15) is 5.82 Å². The molecule has 2 heterocycles. The van der Waals surface area contributed by atoms with Gasteiger partial charge in [-0.1, -0.05) is 0 Å². The predicted molar refractivity (Wildman–Crippen MR) is 47.9 cm³/mol. The zero-order valence-electron chi connectivity index (χ0n) is 7.45. The zero-order chi connectivity index (χ0) is 8.39. The molecule has 0 saturated carbocycles. The molecule has 0 amide bonds. The van der Waals surface area contributed by atoms with Crippen LogP contribution < -0.4 is 5.32 Å². The van der Waals surface area contributed by atoms with Crippen molar-refractivity contribution in [2.45, 2.75) is 25.3 Å². The molecule has 1 aromatic heterocycles. The first kappa shape index (κ1) is 7.80. The lowest BCUT2D eigenvalue weighted by molar-refractivity contribution is 0.573. The van der Waals surface area contributed by atoms with Gasteiger partial charge in [-0.2, -0.15) is 0 Å². The number of hydrogen-bond acceptors (Lipinski definition) is 2. The highest BCUT2D eigenvalue weighted by atomic mass is 15.0. The number of nitrogens with one attached hydrogen (secondary N) is 1. The van der Waals surface area contributed by atoms with E-state index in [9.17, 15) is 0 Å². The average molecular weight is 165 g/mol. The molecule has 1 aromatic rings. The van der Waals surface area contributed by atoms with E-state index in [2.05, 4.69) is 21.9 Å². The van der Waals surface area contributed by atoms with Gasteiger partial charge in [0.25, 0.3) is 0 Å². The van der Waals surface area contributed by atoms with Gasteiger partial charge in [-0.3, -0.25) is 0 Å². The van der Waals surface area contributed by atoms with E-state index in [0.29, 0.717) is 6.04 Å². The lowest BCUT2D eigenvalue weighted by Gasteiger charge is -2.08. The summed E-state index contributed by atoms with van der Waals surface area (Å²) in [6.45, 7) is 1.18. The largest absolute Gasteiger partial charge is 0.338 e. The third kappa shape index (κ3) is 1.50. The summed E-state index contributed by atoms with van der Waals surface area (Å²) in [5.41, 5.74) is 0. The predicted octanol–water partition coefficient (Wildman–Crippen LogP) is 0.715. The molecular weight excluding hydrogens is 150 g/mol. The number of aromatic nitrogens is 2. The van der Waals surface area contributed by atoms with Gasteiger partial charge in [-0.15, -0.1) is 0 Å². The number of hydrogen-bond donors (Lipinski definition) is 1. The molecule has 0 aliphatic carbocycles. The minimum Gasteiger partial charge on any atom is -0.338 e. The Kier molecular flexibility index (Phi) is 2.13. The van der Waals surface area contributed by atoms with Gasteiger partial charge >= 0.3 is 0 Å². The van der Waals surface area contributed by atoms with Crippen molar-refractivity contribution in [3.63, 3.8) is 0 Å². The summed E-state index contributed by atoms with van der Waals surface area (Å²) in [6, 6.07) is 0.658.